The van der Waals surface area contributed by atoms with Crippen molar-refractivity contribution in [2.75, 3.05) is 5.73 Å². The minimum absolute atomic E-state index is 0.556. The van der Waals surface area contributed by atoms with Gasteiger partial charge in [-0.25, -0.2) is 4.98 Å². The molecule has 80 valence electrons. The number of nitriles is 1. The van der Waals surface area contributed by atoms with Crippen LogP contribution in [-0.4, -0.2) is 9.55 Å². The van der Waals surface area contributed by atoms with E-state index in [0.717, 1.165) is 17.1 Å². The van der Waals surface area contributed by atoms with Gasteiger partial charge in [-0.15, -0.1) is 0 Å². The minimum Gasteiger partial charge on any atom is -0.399 e. The van der Waals surface area contributed by atoms with Crippen LogP contribution in [0.2, 0.25) is 0 Å². The lowest BCUT2D eigenvalue weighted by atomic mass is 10.2. The summed E-state index contributed by atoms with van der Waals surface area (Å²) in [6, 6.07) is 7.37. The van der Waals surface area contributed by atoms with Gasteiger partial charge in [-0.2, -0.15) is 5.26 Å². The van der Waals surface area contributed by atoms with Crippen LogP contribution in [0.25, 0.3) is 5.69 Å². The average molecular weight is 212 g/mol. The lowest BCUT2D eigenvalue weighted by Gasteiger charge is -2.07. The van der Waals surface area contributed by atoms with E-state index in [1.807, 2.05) is 24.5 Å². The third-order valence-electron chi connectivity index (χ3n) is 2.60. The normalized spacial score (nSPS) is 10.1. The standard InChI is InChI=1S/C12H12N4/c1-8-9(2)16(7-15-8)12-4-10(6-13)3-11(14)5-12/h3-5,7H,14H2,1-2H3. The largest absolute Gasteiger partial charge is 0.399 e. The van der Waals surface area contributed by atoms with E-state index in [4.69, 9.17) is 11.0 Å². The number of hydrogen-bond acceptors (Lipinski definition) is 3. The number of nitrogen functional groups attached to an aromatic ring is 1. The Morgan fingerprint density at radius 1 is 1.31 bits per heavy atom. The molecule has 1 aromatic heterocycles. The number of aromatic nitrogens is 2. The summed E-state index contributed by atoms with van der Waals surface area (Å²) in [6.45, 7) is 3.93. The van der Waals surface area contributed by atoms with Crippen LogP contribution < -0.4 is 5.73 Å². The molecule has 2 aromatic rings. The van der Waals surface area contributed by atoms with Crippen LogP contribution >= 0.6 is 0 Å². The van der Waals surface area contributed by atoms with E-state index in [-0.39, 0.29) is 0 Å². The predicted molar refractivity (Wildman–Crippen MR) is 62.2 cm³/mol. The molecule has 2 rings (SSSR count). The van der Waals surface area contributed by atoms with Crippen LogP contribution in [0.3, 0.4) is 0 Å². The number of anilines is 1. The van der Waals surface area contributed by atoms with E-state index < -0.39 is 0 Å². The van der Waals surface area contributed by atoms with Crippen molar-refractivity contribution in [3.63, 3.8) is 0 Å². The van der Waals surface area contributed by atoms with Crippen LogP contribution in [0.4, 0.5) is 5.69 Å². The van der Waals surface area contributed by atoms with Gasteiger partial charge in [0.2, 0.25) is 0 Å². The number of benzene rings is 1. The fraction of sp³-hybridized carbons (Fsp3) is 0.167. The van der Waals surface area contributed by atoms with Crippen LogP contribution in [-0.2, 0) is 0 Å². The number of hydrogen-bond donors (Lipinski definition) is 1. The highest BCUT2D eigenvalue weighted by molar-refractivity contribution is 5.54. The zero-order valence-electron chi connectivity index (χ0n) is 9.23. The maximum absolute atomic E-state index is 8.88. The Labute approximate surface area is 94.0 Å². The molecule has 0 saturated heterocycles. The third kappa shape index (κ3) is 1.63. The summed E-state index contributed by atoms with van der Waals surface area (Å²) in [6.07, 6.45) is 1.74. The Kier molecular flexibility index (Phi) is 2.37. The highest BCUT2D eigenvalue weighted by Crippen LogP contribution is 2.18. The molecular formula is C12H12N4. The summed E-state index contributed by atoms with van der Waals surface area (Å²) < 4.78 is 1.92. The second-order valence-corrected chi connectivity index (χ2v) is 3.71. The van der Waals surface area contributed by atoms with Crippen molar-refractivity contribution in [1.82, 2.24) is 9.55 Å². The zero-order chi connectivity index (χ0) is 11.7. The van der Waals surface area contributed by atoms with Crippen molar-refractivity contribution in [1.29, 1.82) is 5.26 Å². The maximum Gasteiger partial charge on any atom is 0.0997 e. The first-order chi connectivity index (χ1) is 7.61. The van der Waals surface area contributed by atoms with Crippen molar-refractivity contribution >= 4 is 5.69 Å². The Hall–Kier alpha value is -2.28. The van der Waals surface area contributed by atoms with Crippen LogP contribution in [0.1, 0.15) is 17.0 Å². The van der Waals surface area contributed by atoms with Gasteiger partial charge in [-0.1, -0.05) is 0 Å². The van der Waals surface area contributed by atoms with Crippen LogP contribution in [0, 0.1) is 25.2 Å². The molecule has 16 heavy (non-hydrogen) atoms. The number of rotatable bonds is 1. The quantitative estimate of drug-likeness (QED) is 0.734. The number of nitrogens with zero attached hydrogens (tertiary/aromatic N) is 3. The van der Waals surface area contributed by atoms with Gasteiger partial charge >= 0.3 is 0 Å². The van der Waals surface area contributed by atoms with Gasteiger partial charge in [0.05, 0.1) is 29.3 Å². The molecule has 0 saturated carbocycles. The molecule has 4 nitrogen and oxygen atoms in total. The van der Waals surface area contributed by atoms with E-state index in [0.29, 0.717) is 11.3 Å². The van der Waals surface area contributed by atoms with Gasteiger partial charge in [0.1, 0.15) is 0 Å². The summed E-state index contributed by atoms with van der Waals surface area (Å²) in [7, 11) is 0. The van der Waals surface area contributed by atoms with Crippen molar-refractivity contribution in [3.8, 4) is 11.8 Å². The molecule has 4 heteroatoms. The maximum atomic E-state index is 8.88. The van der Waals surface area contributed by atoms with Crippen molar-refractivity contribution in [2.24, 2.45) is 0 Å². The molecule has 0 aliphatic carbocycles. The molecular weight excluding hydrogens is 200 g/mol. The van der Waals surface area contributed by atoms with E-state index in [2.05, 4.69) is 11.1 Å². The van der Waals surface area contributed by atoms with Gasteiger partial charge < -0.3 is 10.3 Å². The van der Waals surface area contributed by atoms with Crippen molar-refractivity contribution in [2.45, 2.75) is 13.8 Å². The SMILES string of the molecule is Cc1ncn(-c2cc(N)cc(C#N)c2)c1C. The molecule has 0 amide bonds. The molecule has 0 aliphatic rings. The van der Waals surface area contributed by atoms with Crippen molar-refractivity contribution < 1.29 is 0 Å². The second-order valence-electron chi connectivity index (χ2n) is 3.71. The molecule has 0 atom stereocenters. The number of nitrogens with two attached hydrogens (primary N) is 1. The third-order valence-corrected chi connectivity index (χ3v) is 2.60. The molecule has 1 heterocycles. The van der Waals surface area contributed by atoms with Gasteiger partial charge in [0.25, 0.3) is 0 Å². The van der Waals surface area contributed by atoms with E-state index in [1.165, 1.54) is 0 Å². The van der Waals surface area contributed by atoms with E-state index in [1.54, 1.807) is 18.5 Å². The highest BCUT2D eigenvalue weighted by Gasteiger charge is 2.06. The van der Waals surface area contributed by atoms with Crippen molar-refractivity contribution in [3.05, 3.63) is 41.5 Å². The average Bonchev–Trinajstić information content (AvgIpc) is 2.59. The summed E-state index contributed by atoms with van der Waals surface area (Å²) >= 11 is 0. The van der Waals surface area contributed by atoms with E-state index >= 15 is 0 Å². The number of imidazole rings is 1. The van der Waals surface area contributed by atoms with Gasteiger partial charge in [0, 0.05) is 11.4 Å². The Bertz CT molecular complexity index is 575. The fourth-order valence-corrected chi connectivity index (χ4v) is 1.60. The molecule has 0 bridgehead atoms. The second kappa shape index (κ2) is 3.70. The molecule has 0 spiro atoms. The molecule has 0 aliphatic heterocycles. The smallest absolute Gasteiger partial charge is 0.0997 e. The fourth-order valence-electron chi connectivity index (χ4n) is 1.60. The summed E-state index contributed by atoms with van der Waals surface area (Å²) in [4.78, 5) is 4.22. The van der Waals surface area contributed by atoms with Crippen LogP contribution in [0.15, 0.2) is 24.5 Å². The molecule has 0 unspecified atom stereocenters. The first-order valence-electron chi connectivity index (χ1n) is 4.93. The van der Waals surface area contributed by atoms with Gasteiger partial charge in [0.15, 0.2) is 0 Å². The van der Waals surface area contributed by atoms with Crippen LogP contribution in [0.5, 0.6) is 0 Å². The van der Waals surface area contributed by atoms with Gasteiger partial charge in [-0.05, 0) is 32.0 Å². The monoisotopic (exact) mass is 212 g/mol. The molecule has 2 N–H and O–H groups in total. The number of aryl methyl sites for hydroxylation is 1. The molecule has 1 aromatic carbocycles. The Morgan fingerprint density at radius 2 is 2.06 bits per heavy atom. The Morgan fingerprint density at radius 3 is 2.62 bits per heavy atom. The summed E-state index contributed by atoms with van der Waals surface area (Å²) in [5.74, 6) is 0. The molecule has 0 fully saturated rings. The highest BCUT2D eigenvalue weighted by atomic mass is 15.1. The minimum atomic E-state index is 0.556. The lowest BCUT2D eigenvalue weighted by molar-refractivity contribution is 1.00. The first kappa shape index (κ1) is 10.2. The zero-order valence-corrected chi connectivity index (χ0v) is 9.23. The summed E-state index contributed by atoms with van der Waals surface area (Å²) in [5.41, 5.74) is 9.78. The predicted octanol–water partition coefficient (Wildman–Crippen LogP) is 1.94. The Balaban J connectivity index is 2.61. The van der Waals surface area contributed by atoms with E-state index in [9.17, 15) is 0 Å². The van der Waals surface area contributed by atoms with Gasteiger partial charge in [-0.3, -0.25) is 0 Å². The first-order valence-corrected chi connectivity index (χ1v) is 4.93. The summed E-state index contributed by atoms with van der Waals surface area (Å²) in [5, 5.41) is 8.88. The lowest BCUT2D eigenvalue weighted by Crippen LogP contribution is -1.98. The topological polar surface area (TPSA) is 67.6 Å². The molecule has 0 radical (unpaired) electrons.